The lowest BCUT2D eigenvalue weighted by Crippen LogP contribution is -2.26. The van der Waals surface area contributed by atoms with Crippen LogP contribution in [-0.2, 0) is 6.54 Å². The molecule has 110 valence electrons. The van der Waals surface area contributed by atoms with E-state index in [0.29, 0.717) is 12.1 Å². The Balaban J connectivity index is 2.05. The van der Waals surface area contributed by atoms with Crippen molar-refractivity contribution in [1.82, 2.24) is 5.32 Å². The highest BCUT2D eigenvalue weighted by Gasteiger charge is 2.14. The molecule has 2 aromatic carbocycles. The highest BCUT2D eigenvalue weighted by atomic mass is 16.5. The van der Waals surface area contributed by atoms with Gasteiger partial charge in [-0.05, 0) is 39.0 Å². The van der Waals surface area contributed by atoms with E-state index in [-0.39, 0.29) is 11.5 Å². The number of rotatable bonds is 4. The molecule has 0 bridgehead atoms. The molecule has 1 amide bonds. The van der Waals surface area contributed by atoms with Crippen molar-refractivity contribution in [3.63, 3.8) is 0 Å². The predicted molar refractivity (Wildman–Crippen MR) is 84.4 cm³/mol. The van der Waals surface area contributed by atoms with Crippen molar-refractivity contribution >= 4 is 5.91 Å². The van der Waals surface area contributed by atoms with Crippen molar-refractivity contribution in [3.05, 3.63) is 65.7 Å². The third kappa shape index (κ3) is 4.63. The second kappa shape index (κ2) is 6.44. The maximum absolute atomic E-state index is 12.1. The first-order valence-electron chi connectivity index (χ1n) is 7.06. The quantitative estimate of drug-likeness (QED) is 0.927. The van der Waals surface area contributed by atoms with Gasteiger partial charge in [0.2, 0.25) is 0 Å². The molecule has 2 aromatic rings. The van der Waals surface area contributed by atoms with Crippen molar-refractivity contribution < 1.29 is 9.53 Å². The highest BCUT2D eigenvalue weighted by Crippen LogP contribution is 2.22. The van der Waals surface area contributed by atoms with E-state index in [2.05, 4.69) is 5.32 Å². The Morgan fingerprint density at radius 3 is 2.29 bits per heavy atom. The van der Waals surface area contributed by atoms with E-state index in [1.165, 1.54) is 0 Å². The van der Waals surface area contributed by atoms with E-state index in [9.17, 15) is 4.79 Å². The summed E-state index contributed by atoms with van der Waals surface area (Å²) in [4.78, 5) is 12.1. The summed E-state index contributed by atoms with van der Waals surface area (Å²) in [5.74, 6) is 0.722. The van der Waals surface area contributed by atoms with Gasteiger partial charge in [0.15, 0.2) is 0 Å². The molecule has 0 aliphatic rings. The summed E-state index contributed by atoms with van der Waals surface area (Å²) in [7, 11) is 0. The SMILES string of the molecule is CC(C)(C)Oc1ccccc1CNC(=O)c1ccccc1. The number of carbonyl (C=O) groups excluding carboxylic acids is 1. The van der Waals surface area contributed by atoms with Crippen LogP contribution in [0.2, 0.25) is 0 Å². The zero-order valence-electron chi connectivity index (χ0n) is 12.7. The van der Waals surface area contributed by atoms with Crippen LogP contribution in [0.15, 0.2) is 54.6 Å². The molecule has 0 aliphatic carbocycles. The van der Waals surface area contributed by atoms with Crippen molar-refractivity contribution in [1.29, 1.82) is 0 Å². The summed E-state index contributed by atoms with van der Waals surface area (Å²) < 4.78 is 5.92. The minimum atomic E-state index is -0.264. The second-order valence-corrected chi connectivity index (χ2v) is 5.87. The van der Waals surface area contributed by atoms with Gasteiger partial charge in [0.1, 0.15) is 11.4 Å². The van der Waals surface area contributed by atoms with Gasteiger partial charge in [0, 0.05) is 17.7 Å². The van der Waals surface area contributed by atoms with Gasteiger partial charge in [-0.15, -0.1) is 0 Å². The molecular formula is C18H21NO2. The van der Waals surface area contributed by atoms with E-state index >= 15 is 0 Å². The molecule has 0 spiro atoms. The molecule has 0 unspecified atom stereocenters. The molecule has 2 rings (SSSR count). The number of hydrogen-bond donors (Lipinski definition) is 1. The first-order valence-corrected chi connectivity index (χ1v) is 7.06. The molecule has 0 fully saturated rings. The van der Waals surface area contributed by atoms with Gasteiger partial charge in [-0.3, -0.25) is 4.79 Å². The molecule has 0 saturated heterocycles. The molecule has 3 nitrogen and oxygen atoms in total. The number of ether oxygens (including phenoxy) is 1. The smallest absolute Gasteiger partial charge is 0.251 e. The minimum Gasteiger partial charge on any atom is -0.488 e. The standard InChI is InChI=1S/C18H21NO2/c1-18(2,3)21-16-12-8-7-11-15(16)13-19-17(20)14-9-5-4-6-10-14/h4-12H,13H2,1-3H3,(H,19,20). The van der Waals surface area contributed by atoms with Crippen LogP contribution in [0.25, 0.3) is 0 Å². The van der Waals surface area contributed by atoms with Crippen LogP contribution in [0.1, 0.15) is 36.7 Å². The van der Waals surface area contributed by atoms with Crippen molar-refractivity contribution in [2.24, 2.45) is 0 Å². The van der Waals surface area contributed by atoms with Crippen LogP contribution in [0.4, 0.5) is 0 Å². The zero-order valence-corrected chi connectivity index (χ0v) is 12.7. The largest absolute Gasteiger partial charge is 0.488 e. The average Bonchev–Trinajstić information content (AvgIpc) is 2.45. The molecule has 21 heavy (non-hydrogen) atoms. The Morgan fingerprint density at radius 1 is 1.00 bits per heavy atom. The van der Waals surface area contributed by atoms with Crippen molar-refractivity contribution in [3.8, 4) is 5.75 Å². The summed E-state index contributed by atoms with van der Waals surface area (Å²) >= 11 is 0. The molecule has 3 heteroatoms. The topological polar surface area (TPSA) is 38.3 Å². The molecule has 0 heterocycles. The van der Waals surface area contributed by atoms with Gasteiger partial charge in [-0.25, -0.2) is 0 Å². The molecule has 0 radical (unpaired) electrons. The fraction of sp³-hybridized carbons (Fsp3) is 0.278. The molecule has 1 N–H and O–H groups in total. The Kier molecular flexibility index (Phi) is 4.63. The summed E-state index contributed by atoms with van der Waals surface area (Å²) in [5, 5.41) is 2.92. The number of para-hydroxylation sites is 1. The number of amides is 1. The zero-order chi connectivity index (χ0) is 15.3. The lowest BCUT2D eigenvalue weighted by Gasteiger charge is -2.23. The van der Waals surface area contributed by atoms with E-state index in [1.807, 2.05) is 63.2 Å². The van der Waals surface area contributed by atoms with Crippen LogP contribution < -0.4 is 10.1 Å². The number of benzene rings is 2. The van der Waals surface area contributed by atoms with Crippen LogP contribution >= 0.6 is 0 Å². The van der Waals surface area contributed by atoms with Gasteiger partial charge in [0.05, 0.1) is 0 Å². The minimum absolute atomic E-state index is 0.0823. The Hall–Kier alpha value is -2.29. The number of nitrogens with one attached hydrogen (secondary N) is 1. The maximum atomic E-state index is 12.1. The molecule has 0 saturated carbocycles. The summed E-state index contributed by atoms with van der Waals surface area (Å²) in [6, 6.07) is 17.0. The number of hydrogen-bond acceptors (Lipinski definition) is 2. The van der Waals surface area contributed by atoms with Crippen molar-refractivity contribution in [2.45, 2.75) is 32.9 Å². The second-order valence-electron chi connectivity index (χ2n) is 5.87. The predicted octanol–water partition coefficient (Wildman–Crippen LogP) is 3.79. The maximum Gasteiger partial charge on any atom is 0.251 e. The fourth-order valence-corrected chi connectivity index (χ4v) is 1.95. The van der Waals surface area contributed by atoms with E-state index in [4.69, 9.17) is 4.74 Å². The summed E-state index contributed by atoms with van der Waals surface area (Å²) in [5.41, 5.74) is 1.36. The fourth-order valence-electron chi connectivity index (χ4n) is 1.95. The first-order chi connectivity index (χ1) is 9.96. The van der Waals surface area contributed by atoms with Crippen LogP contribution in [-0.4, -0.2) is 11.5 Å². The van der Waals surface area contributed by atoms with Gasteiger partial charge < -0.3 is 10.1 Å². The lowest BCUT2D eigenvalue weighted by molar-refractivity contribution is 0.0949. The highest BCUT2D eigenvalue weighted by molar-refractivity contribution is 5.94. The Labute approximate surface area is 126 Å². The normalized spacial score (nSPS) is 11.0. The number of carbonyl (C=O) groups is 1. The average molecular weight is 283 g/mol. The van der Waals surface area contributed by atoms with E-state index in [0.717, 1.165) is 11.3 Å². The lowest BCUT2D eigenvalue weighted by atomic mass is 10.1. The molecular weight excluding hydrogens is 262 g/mol. The van der Waals surface area contributed by atoms with Gasteiger partial charge >= 0.3 is 0 Å². The van der Waals surface area contributed by atoms with Gasteiger partial charge in [0.25, 0.3) is 5.91 Å². The monoisotopic (exact) mass is 283 g/mol. The van der Waals surface area contributed by atoms with Crippen LogP contribution in [0, 0.1) is 0 Å². The Bertz CT molecular complexity index is 600. The van der Waals surface area contributed by atoms with E-state index in [1.54, 1.807) is 12.1 Å². The van der Waals surface area contributed by atoms with Crippen LogP contribution in [0.5, 0.6) is 5.75 Å². The molecule has 0 atom stereocenters. The van der Waals surface area contributed by atoms with Crippen LogP contribution in [0.3, 0.4) is 0 Å². The molecule has 0 aliphatic heterocycles. The third-order valence-electron chi connectivity index (χ3n) is 2.86. The molecule has 0 aromatic heterocycles. The van der Waals surface area contributed by atoms with Crippen molar-refractivity contribution in [2.75, 3.05) is 0 Å². The van der Waals surface area contributed by atoms with Gasteiger partial charge in [-0.1, -0.05) is 36.4 Å². The summed E-state index contributed by atoms with van der Waals surface area (Å²) in [6.45, 7) is 6.46. The Morgan fingerprint density at radius 2 is 1.62 bits per heavy atom. The first kappa shape index (κ1) is 15.1. The van der Waals surface area contributed by atoms with Gasteiger partial charge in [-0.2, -0.15) is 0 Å². The van der Waals surface area contributed by atoms with E-state index < -0.39 is 0 Å². The summed E-state index contributed by atoms with van der Waals surface area (Å²) in [6.07, 6.45) is 0. The third-order valence-corrected chi connectivity index (χ3v) is 2.86.